The number of carboxylic acids is 2. The van der Waals surface area contributed by atoms with Crippen molar-refractivity contribution >= 4 is 23.7 Å². The number of carboxylic acid groups (broad SMARTS) is 2. The average molecular weight is 298 g/mol. The predicted molar refractivity (Wildman–Crippen MR) is 73.1 cm³/mol. The van der Waals surface area contributed by atoms with Crippen molar-refractivity contribution in [2.45, 2.75) is 38.8 Å². The van der Waals surface area contributed by atoms with Gasteiger partial charge in [-0.1, -0.05) is 0 Å². The molecule has 0 fully saturated rings. The Morgan fingerprint density at radius 3 is 2.48 bits per heavy atom. The maximum absolute atomic E-state index is 11.7. The lowest BCUT2D eigenvalue weighted by atomic mass is 10.1. The fourth-order valence-corrected chi connectivity index (χ4v) is 1.54. The van der Waals surface area contributed by atoms with Crippen LogP contribution in [0.15, 0.2) is 12.4 Å². The second kappa shape index (κ2) is 7.27. The Morgan fingerprint density at radius 2 is 2.00 bits per heavy atom. The zero-order chi connectivity index (χ0) is 16.0. The van der Waals surface area contributed by atoms with Crippen LogP contribution in [0.2, 0.25) is 0 Å². The summed E-state index contributed by atoms with van der Waals surface area (Å²) >= 11 is 0. The van der Waals surface area contributed by atoms with E-state index in [9.17, 15) is 14.4 Å². The van der Waals surface area contributed by atoms with Crippen LogP contribution in [0.25, 0.3) is 0 Å². The molecule has 0 aromatic carbocycles. The largest absolute Gasteiger partial charge is 0.481 e. The van der Waals surface area contributed by atoms with Crippen molar-refractivity contribution in [3.8, 4) is 0 Å². The number of carbonyl (C=O) groups is 3. The number of nitrogens with one attached hydrogen (secondary N) is 2. The molecule has 0 saturated heterocycles. The molecule has 0 aliphatic carbocycles. The lowest BCUT2D eigenvalue weighted by Crippen LogP contribution is -2.43. The van der Waals surface area contributed by atoms with Crippen molar-refractivity contribution in [2.24, 2.45) is 0 Å². The molecule has 0 radical (unpaired) electrons. The molecule has 0 unspecified atom stereocenters. The first-order chi connectivity index (χ1) is 9.79. The molecule has 0 aliphatic rings. The number of nitrogens with zero attached hydrogens (tertiary/aromatic N) is 2. The van der Waals surface area contributed by atoms with Crippen molar-refractivity contribution < 1.29 is 24.6 Å². The third kappa shape index (κ3) is 5.51. The van der Waals surface area contributed by atoms with Gasteiger partial charge in [-0.15, -0.1) is 0 Å². The zero-order valence-electron chi connectivity index (χ0n) is 11.7. The van der Waals surface area contributed by atoms with Gasteiger partial charge in [0.1, 0.15) is 6.04 Å². The van der Waals surface area contributed by atoms with Gasteiger partial charge in [-0.3, -0.25) is 9.48 Å². The maximum Gasteiger partial charge on any atom is 0.326 e. The lowest BCUT2D eigenvalue weighted by molar-refractivity contribution is -0.140. The summed E-state index contributed by atoms with van der Waals surface area (Å²) in [7, 11) is 0. The fraction of sp³-hybridized carbons (Fsp3) is 0.500. The highest BCUT2D eigenvalue weighted by atomic mass is 16.4. The third-order valence-electron chi connectivity index (χ3n) is 2.64. The number of anilines is 1. The van der Waals surface area contributed by atoms with Gasteiger partial charge in [-0.25, -0.2) is 9.59 Å². The summed E-state index contributed by atoms with van der Waals surface area (Å²) in [5.41, 5.74) is 0.420. The molecule has 1 aromatic heterocycles. The zero-order valence-corrected chi connectivity index (χ0v) is 11.7. The Bertz CT molecular complexity index is 525. The number of amides is 2. The number of carbonyl (C=O) groups excluding carboxylic acids is 1. The maximum atomic E-state index is 11.7. The summed E-state index contributed by atoms with van der Waals surface area (Å²) in [5, 5.41) is 26.1. The number of urea groups is 1. The molecule has 1 atom stereocenters. The van der Waals surface area contributed by atoms with Crippen molar-refractivity contribution in [1.82, 2.24) is 15.1 Å². The SMILES string of the molecule is CC(C)n1cc(NC(=O)N[C@@H](CCC(=O)O)C(=O)O)cn1. The van der Waals surface area contributed by atoms with Crippen molar-refractivity contribution in [1.29, 1.82) is 0 Å². The lowest BCUT2D eigenvalue weighted by Gasteiger charge is -2.13. The van der Waals surface area contributed by atoms with Gasteiger partial charge >= 0.3 is 18.0 Å². The molecule has 9 heteroatoms. The first-order valence-electron chi connectivity index (χ1n) is 6.36. The molecule has 4 N–H and O–H groups in total. The van der Waals surface area contributed by atoms with Gasteiger partial charge in [0.05, 0.1) is 11.9 Å². The Balaban J connectivity index is 2.56. The normalized spacial score (nSPS) is 12.0. The van der Waals surface area contributed by atoms with Crippen LogP contribution in [-0.2, 0) is 9.59 Å². The summed E-state index contributed by atoms with van der Waals surface area (Å²) in [6, 6.07) is -1.86. The summed E-state index contributed by atoms with van der Waals surface area (Å²) < 4.78 is 1.63. The summed E-state index contributed by atoms with van der Waals surface area (Å²) in [4.78, 5) is 33.1. The van der Waals surface area contributed by atoms with E-state index < -0.39 is 24.0 Å². The third-order valence-corrected chi connectivity index (χ3v) is 2.64. The van der Waals surface area contributed by atoms with Crippen LogP contribution >= 0.6 is 0 Å². The smallest absolute Gasteiger partial charge is 0.326 e. The van der Waals surface area contributed by atoms with E-state index in [1.54, 1.807) is 10.9 Å². The van der Waals surface area contributed by atoms with E-state index in [0.29, 0.717) is 5.69 Å². The quantitative estimate of drug-likeness (QED) is 0.591. The monoisotopic (exact) mass is 298 g/mol. The first kappa shape index (κ1) is 16.5. The Labute approximate surface area is 120 Å². The van der Waals surface area contributed by atoms with Gasteiger partial charge in [-0.2, -0.15) is 5.10 Å². The Morgan fingerprint density at radius 1 is 1.33 bits per heavy atom. The van der Waals surface area contributed by atoms with Crippen LogP contribution in [0.4, 0.5) is 10.5 Å². The molecule has 0 spiro atoms. The molecule has 1 heterocycles. The number of hydrogen-bond acceptors (Lipinski definition) is 4. The van der Waals surface area contributed by atoms with E-state index in [0.717, 1.165) is 0 Å². The molecule has 9 nitrogen and oxygen atoms in total. The fourth-order valence-electron chi connectivity index (χ4n) is 1.54. The summed E-state index contributed by atoms with van der Waals surface area (Å²) in [6.07, 6.45) is 2.51. The summed E-state index contributed by atoms with van der Waals surface area (Å²) in [6.45, 7) is 3.84. The molecular formula is C12H18N4O5. The second-order valence-electron chi connectivity index (χ2n) is 4.72. The molecule has 21 heavy (non-hydrogen) atoms. The van der Waals surface area contributed by atoms with E-state index in [2.05, 4.69) is 15.7 Å². The highest BCUT2D eigenvalue weighted by molar-refractivity contribution is 5.92. The highest BCUT2D eigenvalue weighted by Gasteiger charge is 2.21. The molecular weight excluding hydrogens is 280 g/mol. The molecule has 1 aromatic rings. The van der Waals surface area contributed by atoms with Gasteiger partial charge in [0, 0.05) is 18.7 Å². The molecule has 0 bridgehead atoms. The minimum absolute atomic E-state index is 0.131. The Hall–Kier alpha value is -2.58. The van der Waals surface area contributed by atoms with Crippen molar-refractivity contribution in [3.05, 3.63) is 12.4 Å². The van der Waals surface area contributed by atoms with Crippen LogP contribution < -0.4 is 10.6 Å². The van der Waals surface area contributed by atoms with Gasteiger partial charge in [0.15, 0.2) is 0 Å². The standard InChI is InChI=1S/C12H18N4O5/c1-7(2)16-6-8(5-13-16)14-12(21)15-9(11(19)20)3-4-10(17)18/h5-7,9H,3-4H2,1-2H3,(H,17,18)(H,19,20)(H2,14,15,21)/t9-/m0/s1. The van der Waals surface area contributed by atoms with E-state index in [1.165, 1.54) is 6.20 Å². The van der Waals surface area contributed by atoms with Crippen molar-refractivity contribution in [2.75, 3.05) is 5.32 Å². The molecule has 116 valence electrons. The van der Waals surface area contributed by atoms with Crippen molar-refractivity contribution in [3.63, 3.8) is 0 Å². The average Bonchev–Trinajstić information content (AvgIpc) is 2.82. The van der Waals surface area contributed by atoms with Gasteiger partial charge < -0.3 is 20.8 Å². The van der Waals surface area contributed by atoms with E-state index in [-0.39, 0.29) is 18.9 Å². The van der Waals surface area contributed by atoms with E-state index in [1.807, 2.05) is 13.8 Å². The van der Waals surface area contributed by atoms with Crippen LogP contribution in [0.5, 0.6) is 0 Å². The molecule has 0 saturated carbocycles. The first-order valence-corrected chi connectivity index (χ1v) is 6.36. The number of hydrogen-bond donors (Lipinski definition) is 4. The molecule has 2 amide bonds. The minimum atomic E-state index is -1.29. The second-order valence-corrected chi connectivity index (χ2v) is 4.72. The van der Waals surface area contributed by atoms with Crippen LogP contribution in [0.3, 0.4) is 0 Å². The molecule has 0 aliphatic heterocycles. The number of aliphatic carboxylic acids is 2. The topological polar surface area (TPSA) is 134 Å². The summed E-state index contributed by atoms with van der Waals surface area (Å²) in [5.74, 6) is -2.41. The molecule has 1 rings (SSSR count). The van der Waals surface area contributed by atoms with Crippen LogP contribution in [0.1, 0.15) is 32.7 Å². The van der Waals surface area contributed by atoms with E-state index >= 15 is 0 Å². The van der Waals surface area contributed by atoms with Gasteiger partial charge in [0.2, 0.25) is 0 Å². The van der Waals surface area contributed by atoms with Crippen LogP contribution in [0, 0.1) is 0 Å². The predicted octanol–water partition coefficient (Wildman–Crippen LogP) is 0.903. The van der Waals surface area contributed by atoms with Gasteiger partial charge in [0.25, 0.3) is 0 Å². The highest BCUT2D eigenvalue weighted by Crippen LogP contribution is 2.09. The van der Waals surface area contributed by atoms with E-state index in [4.69, 9.17) is 10.2 Å². The number of rotatable bonds is 7. The number of aromatic nitrogens is 2. The van der Waals surface area contributed by atoms with Gasteiger partial charge in [-0.05, 0) is 20.3 Å². The Kier molecular flexibility index (Phi) is 5.70. The minimum Gasteiger partial charge on any atom is -0.481 e. The van der Waals surface area contributed by atoms with Crippen LogP contribution in [-0.4, -0.2) is 44.0 Å².